The summed E-state index contributed by atoms with van der Waals surface area (Å²) < 4.78 is 24.3. The highest BCUT2D eigenvalue weighted by molar-refractivity contribution is 5.82. The summed E-state index contributed by atoms with van der Waals surface area (Å²) in [6.07, 6.45) is 3.17. The molecule has 2 aliphatic rings. The molecular formula is C12H8FNO2. The van der Waals surface area contributed by atoms with Crippen LogP contribution in [0, 0.1) is 17.1 Å². The Morgan fingerprint density at radius 3 is 3.06 bits per heavy atom. The van der Waals surface area contributed by atoms with E-state index in [1.54, 1.807) is 6.08 Å². The molecule has 0 N–H and O–H groups in total. The van der Waals surface area contributed by atoms with E-state index in [2.05, 4.69) is 0 Å². The number of nitriles is 1. The van der Waals surface area contributed by atoms with Crippen LogP contribution in [0.25, 0.3) is 5.57 Å². The van der Waals surface area contributed by atoms with Gasteiger partial charge in [-0.1, -0.05) is 6.08 Å². The molecule has 0 spiro atoms. The predicted octanol–water partition coefficient (Wildman–Crippen LogP) is 2.41. The molecule has 1 aromatic carbocycles. The number of benzene rings is 1. The van der Waals surface area contributed by atoms with Gasteiger partial charge in [0.1, 0.15) is 5.82 Å². The number of hydrogen-bond donors (Lipinski definition) is 0. The highest BCUT2D eigenvalue weighted by atomic mass is 19.1. The average molecular weight is 217 g/mol. The van der Waals surface area contributed by atoms with Crippen LogP contribution in [0.4, 0.5) is 4.39 Å². The molecule has 16 heavy (non-hydrogen) atoms. The fraction of sp³-hybridized carbons (Fsp3) is 0.250. The van der Waals surface area contributed by atoms with E-state index in [1.807, 2.05) is 6.07 Å². The molecule has 4 heteroatoms. The Morgan fingerprint density at radius 1 is 1.38 bits per heavy atom. The third-order valence-corrected chi connectivity index (χ3v) is 2.85. The number of hydrogen-bond acceptors (Lipinski definition) is 3. The Bertz CT molecular complexity index is 543. The van der Waals surface area contributed by atoms with Crippen molar-refractivity contribution in [2.24, 2.45) is 0 Å². The molecule has 0 saturated heterocycles. The van der Waals surface area contributed by atoms with Gasteiger partial charge in [-0.25, -0.2) is 4.39 Å². The molecule has 1 aromatic rings. The van der Waals surface area contributed by atoms with Gasteiger partial charge >= 0.3 is 0 Å². The van der Waals surface area contributed by atoms with Crippen molar-refractivity contribution in [1.29, 1.82) is 5.26 Å². The van der Waals surface area contributed by atoms with Gasteiger partial charge in [-0.3, -0.25) is 0 Å². The van der Waals surface area contributed by atoms with Crippen LogP contribution in [0.3, 0.4) is 0 Å². The van der Waals surface area contributed by atoms with Crippen molar-refractivity contribution in [1.82, 2.24) is 0 Å². The second-order valence-electron chi connectivity index (χ2n) is 3.71. The zero-order valence-corrected chi connectivity index (χ0v) is 8.42. The minimum atomic E-state index is -0.410. The summed E-state index contributed by atoms with van der Waals surface area (Å²) >= 11 is 0. The zero-order chi connectivity index (χ0) is 11.1. The molecular weight excluding hydrogens is 209 g/mol. The van der Waals surface area contributed by atoms with Crippen molar-refractivity contribution in [2.45, 2.75) is 12.8 Å². The smallest absolute Gasteiger partial charge is 0.231 e. The molecule has 80 valence electrons. The standard InChI is InChI=1S/C12H8FNO2/c13-9-4-10-12(16-6-15-10)8-3-1-2-7(5-14)11(8)9/h2,4H,1,3,6H2. The van der Waals surface area contributed by atoms with E-state index in [-0.39, 0.29) is 6.79 Å². The van der Waals surface area contributed by atoms with E-state index in [9.17, 15) is 4.39 Å². The Balaban J connectivity index is 2.30. The predicted molar refractivity (Wildman–Crippen MR) is 54.4 cm³/mol. The molecule has 3 nitrogen and oxygen atoms in total. The lowest BCUT2D eigenvalue weighted by molar-refractivity contribution is 0.173. The molecule has 0 bridgehead atoms. The maximum absolute atomic E-state index is 13.8. The summed E-state index contributed by atoms with van der Waals surface area (Å²) in [4.78, 5) is 0. The summed E-state index contributed by atoms with van der Waals surface area (Å²) in [6.45, 7) is 0.122. The first kappa shape index (κ1) is 9.22. The van der Waals surface area contributed by atoms with E-state index < -0.39 is 5.82 Å². The number of rotatable bonds is 0. The minimum Gasteiger partial charge on any atom is -0.453 e. The molecule has 0 unspecified atom stereocenters. The number of halogens is 1. The fourth-order valence-electron chi connectivity index (χ4n) is 2.17. The van der Waals surface area contributed by atoms with Gasteiger partial charge in [0, 0.05) is 17.2 Å². The van der Waals surface area contributed by atoms with Crippen LogP contribution in [0.5, 0.6) is 11.5 Å². The molecule has 0 saturated carbocycles. The van der Waals surface area contributed by atoms with E-state index in [0.29, 0.717) is 29.1 Å². The Kier molecular flexibility index (Phi) is 1.87. The SMILES string of the molecule is N#CC1=CCCc2c3c(cc(F)c21)OCO3. The monoisotopic (exact) mass is 217 g/mol. The highest BCUT2D eigenvalue weighted by Crippen LogP contribution is 2.43. The summed E-state index contributed by atoms with van der Waals surface area (Å²) in [6, 6.07) is 3.31. The number of allylic oxidation sites excluding steroid dienone is 2. The molecule has 3 rings (SSSR count). The lowest BCUT2D eigenvalue weighted by Gasteiger charge is -2.16. The molecule has 0 radical (unpaired) electrons. The number of ether oxygens (including phenoxy) is 2. The number of fused-ring (bicyclic) bond motifs is 3. The normalized spacial score (nSPS) is 16.4. The lowest BCUT2D eigenvalue weighted by Crippen LogP contribution is -2.03. The molecule has 0 atom stereocenters. The third-order valence-electron chi connectivity index (χ3n) is 2.85. The van der Waals surface area contributed by atoms with Gasteiger partial charge in [0.05, 0.1) is 11.6 Å². The molecule has 1 aliphatic carbocycles. The van der Waals surface area contributed by atoms with Gasteiger partial charge in [-0.15, -0.1) is 0 Å². The van der Waals surface area contributed by atoms with Crippen molar-refractivity contribution in [3.8, 4) is 17.6 Å². The third kappa shape index (κ3) is 1.12. The van der Waals surface area contributed by atoms with Crippen LogP contribution in [0.2, 0.25) is 0 Å². The second kappa shape index (κ2) is 3.24. The Hall–Kier alpha value is -2.02. The van der Waals surface area contributed by atoms with E-state index in [0.717, 1.165) is 12.0 Å². The maximum atomic E-state index is 13.8. The molecule has 0 amide bonds. The first-order valence-corrected chi connectivity index (χ1v) is 5.03. The molecule has 0 aromatic heterocycles. The first-order valence-electron chi connectivity index (χ1n) is 5.03. The van der Waals surface area contributed by atoms with E-state index in [1.165, 1.54) is 6.07 Å². The van der Waals surface area contributed by atoms with Crippen LogP contribution < -0.4 is 9.47 Å². The molecule has 0 fully saturated rings. The summed E-state index contributed by atoms with van der Waals surface area (Å²) in [5, 5.41) is 8.95. The summed E-state index contributed by atoms with van der Waals surface area (Å²) in [7, 11) is 0. The van der Waals surface area contributed by atoms with Gasteiger partial charge in [-0.05, 0) is 12.8 Å². The first-order chi connectivity index (χ1) is 7.81. The van der Waals surface area contributed by atoms with Crippen molar-refractivity contribution in [3.63, 3.8) is 0 Å². The topological polar surface area (TPSA) is 42.2 Å². The average Bonchev–Trinajstić information content (AvgIpc) is 2.76. The van der Waals surface area contributed by atoms with Gasteiger partial charge < -0.3 is 9.47 Å². The largest absolute Gasteiger partial charge is 0.453 e. The summed E-state index contributed by atoms with van der Waals surface area (Å²) in [5.74, 6) is 0.624. The van der Waals surface area contributed by atoms with Crippen molar-refractivity contribution >= 4 is 5.57 Å². The van der Waals surface area contributed by atoms with Crippen LogP contribution in [0.1, 0.15) is 17.5 Å². The van der Waals surface area contributed by atoms with Crippen LogP contribution >= 0.6 is 0 Å². The van der Waals surface area contributed by atoms with Crippen LogP contribution in [-0.4, -0.2) is 6.79 Å². The van der Waals surface area contributed by atoms with Crippen molar-refractivity contribution in [3.05, 3.63) is 29.1 Å². The quantitative estimate of drug-likeness (QED) is 0.670. The Labute approximate surface area is 91.7 Å². The minimum absolute atomic E-state index is 0.122. The van der Waals surface area contributed by atoms with Gasteiger partial charge in [0.2, 0.25) is 6.79 Å². The van der Waals surface area contributed by atoms with Gasteiger partial charge in [0.15, 0.2) is 11.5 Å². The lowest BCUT2D eigenvalue weighted by atomic mass is 9.90. The number of nitrogens with zero attached hydrogens (tertiary/aromatic N) is 1. The van der Waals surface area contributed by atoms with Crippen molar-refractivity contribution < 1.29 is 13.9 Å². The van der Waals surface area contributed by atoms with Crippen LogP contribution in [0.15, 0.2) is 12.1 Å². The zero-order valence-electron chi connectivity index (χ0n) is 8.42. The van der Waals surface area contributed by atoms with E-state index >= 15 is 0 Å². The van der Waals surface area contributed by atoms with Gasteiger partial charge in [-0.2, -0.15) is 5.26 Å². The Morgan fingerprint density at radius 2 is 2.25 bits per heavy atom. The molecule has 1 heterocycles. The molecule has 1 aliphatic heterocycles. The van der Waals surface area contributed by atoms with Crippen LogP contribution in [-0.2, 0) is 6.42 Å². The maximum Gasteiger partial charge on any atom is 0.231 e. The summed E-state index contributed by atoms with van der Waals surface area (Å²) in [5.41, 5.74) is 1.52. The second-order valence-corrected chi connectivity index (χ2v) is 3.71. The van der Waals surface area contributed by atoms with E-state index in [4.69, 9.17) is 14.7 Å². The fourth-order valence-corrected chi connectivity index (χ4v) is 2.17. The van der Waals surface area contributed by atoms with Gasteiger partial charge in [0.25, 0.3) is 0 Å². The highest BCUT2D eigenvalue weighted by Gasteiger charge is 2.27. The van der Waals surface area contributed by atoms with Crippen molar-refractivity contribution in [2.75, 3.05) is 6.79 Å².